The van der Waals surface area contributed by atoms with E-state index in [9.17, 15) is 0 Å². The molecule has 1 aromatic rings. The van der Waals surface area contributed by atoms with Gasteiger partial charge in [0, 0.05) is 21.5 Å². The van der Waals surface area contributed by atoms with Gasteiger partial charge in [-0.1, -0.05) is 36.4 Å². The first kappa shape index (κ1) is 8.32. The first-order valence-electron chi connectivity index (χ1n) is 4.09. The predicted octanol–water partition coefficient (Wildman–Crippen LogP) is 3.14. The SMILES string of the molecule is C1=CC=S(Oc2ccccc2)C=C1. The summed E-state index contributed by atoms with van der Waals surface area (Å²) in [5, 5.41) is 4.10. The Labute approximate surface area is 80.5 Å². The zero-order valence-electron chi connectivity index (χ0n) is 7.09. The average molecular weight is 190 g/mol. The van der Waals surface area contributed by atoms with Gasteiger partial charge in [-0.3, -0.25) is 0 Å². The highest BCUT2D eigenvalue weighted by Crippen LogP contribution is 2.23. The van der Waals surface area contributed by atoms with Crippen molar-refractivity contribution in [1.82, 2.24) is 0 Å². The van der Waals surface area contributed by atoms with E-state index in [1.165, 1.54) is 0 Å². The molecule has 0 N–H and O–H groups in total. The maximum absolute atomic E-state index is 5.69. The van der Waals surface area contributed by atoms with Gasteiger partial charge >= 0.3 is 0 Å². The van der Waals surface area contributed by atoms with Gasteiger partial charge in [0.15, 0.2) is 0 Å². The van der Waals surface area contributed by atoms with Gasteiger partial charge in [-0.25, -0.2) is 0 Å². The molecule has 0 saturated carbocycles. The topological polar surface area (TPSA) is 9.23 Å². The second-order valence-electron chi connectivity index (χ2n) is 2.57. The van der Waals surface area contributed by atoms with Crippen LogP contribution < -0.4 is 4.18 Å². The number of hydrogen-bond acceptors (Lipinski definition) is 1. The fourth-order valence-electron chi connectivity index (χ4n) is 0.998. The summed E-state index contributed by atoms with van der Waals surface area (Å²) in [4.78, 5) is 0. The van der Waals surface area contributed by atoms with Crippen LogP contribution in [0.2, 0.25) is 0 Å². The molecule has 1 aliphatic rings. The van der Waals surface area contributed by atoms with E-state index in [4.69, 9.17) is 4.18 Å². The van der Waals surface area contributed by atoms with E-state index in [1.54, 1.807) is 0 Å². The average Bonchev–Trinajstić information content (AvgIpc) is 2.21. The molecular formula is C11H10OS. The zero-order valence-corrected chi connectivity index (χ0v) is 7.91. The molecule has 1 aromatic carbocycles. The van der Waals surface area contributed by atoms with Crippen molar-refractivity contribution >= 4 is 16.1 Å². The summed E-state index contributed by atoms with van der Waals surface area (Å²) in [5.74, 6) is 0.919. The van der Waals surface area contributed by atoms with Gasteiger partial charge in [-0.05, 0) is 12.1 Å². The van der Waals surface area contributed by atoms with E-state index in [-0.39, 0.29) is 10.8 Å². The van der Waals surface area contributed by atoms with Crippen molar-refractivity contribution in [1.29, 1.82) is 0 Å². The van der Waals surface area contributed by atoms with Crippen LogP contribution in [0.4, 0.5) is 0 Å². The van der Waals surface area contributed by atoms with Gasteiger partial charge in [0.25, 0.3) is 0 Å². The Kier molecular flexibility index (Phi) is 2.62. The molecule has 0 aromatic heterocycles. The van der Waals surface area contributed by atoms with E-state index >= 15 is 0 Å². The van der Waals surface area contributed by atoms with Crippen LogP contribution in [0.3, 0.4) is 0 Å². The molecule has 1 heterocycles. The summed E-state index contributed by atoms with van der Waals surface area (Å²) in [6, 6.07) is 9.86. The van der Waals surface area contributed by atoms with Crippen LogP contribution in [0.15, 0.2) is 54.0 Å². The zero-order chi connectivity index (χ0) is 8.93. The second kappa shape index (κ2) is 4.10. The summed E-state index contributed by atoms with van der Waals surface area (Å²) < 4.78 is 5.69. The lowest BCUT2D eigenvalue weighted by atomic mass is 10.3. The monoisotopic (exact) mass is 190 g/mol. The van der Waals surface area contributed by atoms with Crippen molar-refractivity contribution in [3.63, 3.8) is 0 Å². The highest BCUT2D eigenvalue weighted by molar-refractivity contribution is 8.14. The molecule has 0 bridgehead atoms. The molecule has 0 amide bonds. The third kappa shape index (κ3) is 2.33. The summed E-state index contributed by atoms with van der Waals surface area (Å²) in [6.07, 6.45) is 6.01. The number of allylic oxidation sites excluding steroid dienone is 3. The number of hydrogen-bond donors (Lipinski definition) is 0. The minimum Gasteiger partial charge on any atom is -0.430 e. The Hall–Kier alpha value is -1.28. The normalized spacial score (nSPS) is 19.5. The quantitative estimate of drug-likeness (QED) is 0.651. The first-order valence-corrected chi connectivity index (χ1v) is 5.36. The maximum Gasteiger partial charge on any atom is 0.136 e. The lowest BCUT2D eigenvalue weighted by molar-refractivity contribution is 0.650. The van der Waals surface area contributed by atoms with Crippen LogP contribution in [-0.2, 0) is 0 Å². The fraction of sp³-hybridized carbons (Fsp3) is 0. The summed E-state index contributed by atoms with van der Waals surface area (Å²) in [6.45, 7) is 0. The standard InChI is InChI=1S/C11H10OS/c1-3-7-11(8-4-1)12-13-9-5-2-6-10-13/h1-10H. The molecule has 1 unspecified atom stereocenters. The van der Waals surface area contributed by atoms with Crippen LogP contribution >= 0.6 is 10.8 Å². The van der Waals surface area contributed by atoms with Crippen molar-refractivity contribution in [2.24, 2.45) is 0 Å². The molecule has 0 radical (unpaired) electrons. The van der Waals surface area contributed by atoms with Gasteiger partial charge in [0.2, 0.25) is 0 Å². The van der Waals surface area contributed by atoms with Gasteiger partial charge in [-0.15, -0.1) is 0 Å². The van der Waals surface area contributed by atoms with Crippen molar-refractivity contribution in [3.8, 4) is 5.75 Å². The molecule has 0 spiro atoms. The van der Waals surface area contributed by atoms with Crippen LogP contribution in [-0.4, -0.2) is 5.37 Å². The third-order valence-corrected chi connectivity index (χ3v) is 2.82. The highest BCUT2D eigenvalue weighted by Gasteiger charge is 1.94. The number of benzene rings is 1. The summed E-state index contributed by atoms with van der Waals surface area (Å²) in [5.41, 5.74) is 0. The van der Waals surface area contributed by atoms with E-state index < -0.39 is 0 Å². The fourth-order valence-corrected chi connectivity index (χ4v) is 2.02. The molecule has 1 atom stereocenters. The molecule has 0 aliphatic carbocycles. The van der Waals surface area contributed by atoms with E-state index in [0.29, 0.717) is 0 Å². The van der Waals surface area contributed by atoms with Gasteiger partial charge in [-0.2, -0.15) is 0 Å². The van der Waals surface area contributed by atoms with Crippen LogP contribution in [0.1, 0.15) is 0 Å². The molecule has 0 saturated heterocycles. The number of para-hydroxylation sites is 1. The largest absolute Gasteiger partial charge is 0.430 e. The van der Waals surface area contributed by atoms with E-state index in [0.717, 1.165) is 5.75 Å². The molecule has 2 rings (SSSR count). The van der Waals surface area contributed by atoms with Crippen molar-refractivity contribution in [3.05, 3.63) is 54.0 Å². The Bertz CT molecular complexity index is 363. The lowest BCUT2D eigenvalue weighted by Gasteiger charge is -2.07. The highest BCUT2D eigenvalue weighted by atomic mass is 32.2. The Balaban J connectivity index is 2.11. The van der Waals surface area contributed by atoms with Crippen molar-refractivity contribution in [2.75, 3.05) is 0 Å². The van der Waals surface area contributed by atoms with Gasteiger partial charge in [0.1, 0.15) is 5.75 Å². The minimum absolute atomic E-state index is 0.188. The Morgan fingerprint density at radius 2 is 1.77 bits per heavy atom. The lowest BCUT2D eigenvalue weighted by Crippen LogP contribution is -1.85. The minimum atomic E-state index is -0.188. The van der Waals surface area contributed by atoms with E-state index in [2.05, 4.69) is 0 Å². The van der Waals surface area contributed by atoms with E-state index in [1.807, 2.05) is 59.3 Å². The second-order valence-corrected chi connectivity index (χ2v) is 3.94. The summed E-state index contributed by atoms with van der Waals surface area (Å²) in [7, 11) is -0.188. The smallest absolute Gasteiger partial charge is 0.136 e. The third-order valence-electron chi connectivity index (χ3n) is 1.58. The number of rotatable bonds is 2. The molecular weight excluding hydrogens is 180 g/mol. The molecule has 2 heteroatoms. The molecule has 1 nitrogen and oxygen atoms in total. The summed E-state index contributed by atoms with van der Waals surface area (Å²) >= 11 is 0. The Morgan fingerprint density at radius 1 is 0.923 bits per heavy atom. The Morgan fingerprint density at radius 3 is 2.46 bits per heavy atom. The van der Waals surface area contributed by atoms with Crippen LogP contribution in [0.5, 0.6) is 5.75 Å². The molecule has 0 fully saturated rings. The van der Waals surface area contributed by atoms with Crippen LogP contribution in [0.25, 0.3) is 0 Å². The molecule has 66 valence electrons. The first-order chi connectivity index (χ1) is 6.45. The van der Waals surface area contributed by atoms with Crippen molar-refractivity contribution in [2.45, 2.75) is 0 Å². The molecule has 13 heavy (non-hydrogen) atoms. The van der Waals surface area contributed by atoms with Crippen molar-refractivity contribution < 1.29 is 4.18 Å². The predicted molar refractivity (Wildman–Crippen MR) is 59.0 cm³/mol. The van der Waals surface area contributed by atoms with Gasteiger partial charge < -0.3 is 4.18 Å². The van der Waals surface area contributed by atoms with Crippen LogP contribution in [0, 0.1) is 0 Å². The van der Waals surface area contributed by atoms with Gasteiger partial charge in [0.05, 0.1) is 0 Å². The molecule has 1 aliphatic heterocycles. The maximum atomic E-state index is 5.69.